The maximum absolute atomic E-state index is 12.7. The molecular formula is C19H22N6OS. The summed E-state index contributed by atoms with van der Waals surface area (Å²) < 4.78 is 0. The molecule has 4 rings (SSSR count). The molecule has 4 heterocycles. The highest BCUT2D eigenvalue weighted by atomic mass is 32.1. The smallest absolute Gasteiger partial charge is 0.228 e. The second-order valence-electron chi connectivity index (χ2n) is 7.04. The minimum atomic E-state index is 0.123. The molecule has 0 spiro atoms. The minimum Gasteiger partial charge on any atom is -0.340 e. The Bertz CT molecular complexity index is 987. The van der Waals surface area contributed by atoms with Gasteiger partial charge in [-0.2, -0.15) is 0 Å². The standard InChI is InChI=1S/C19H22N6OS/c1-12-11-25(7-6-24(12)3)18(26)9-15-8-17-14(10-20-15)4-5-16(21-17)19-23-22-13(2)27-19/h4-5,8,10,12H,6-7,9,11H2,1-3H3/t12-/m0/s1. The first-order valence-corrected chi connectivity index (χ1v) is 9.85. The topological polar surface area (TPSA) is 75.1 Å². The van der Waals surface area contributed by atoms with Crippen molar-refractivity contribution in [1.29, 1.82) is 0 Å². The number of carbonyl (C=O) groups is 1. The van der Waals surface area contributed by atoms with Gasteiger partial charge in [-0.25, -0.2) is 4.98 Å². The van der Waals surface area contributed by atoms with Crippen LogP contribution in [0.25, 0.3) is 21.6 Å². The Morgan fingerprint density at radius 3 is 2.89 bits per heavy atom. The van der Waals surface area contributed by atoms with Crippen LogP contribution in [0.4, 0.5) is 0 Å². The summed E-state index contributed by atoms with van der Waals surface area (Å²) in [4.78, 5) is 26.0. The lowest BCUT2D eigenvalue weighted by atomic mass is 10.1. The molecule has 3 aromatic rings. The van der Waals surface area contributed by atoms with Crippen LogP contribution in [0.5, 0.6) is 0 Å². The predicted octanol–water partition coefficient (Wildman–Crippen LogP) is 2.16. The second-order valence-corrected chi connectivity index (χ2v) is 8.22. The van der Waals surface area contributed by atoms with E-state index >= 15 is 0 Å². The monoisotopic (exact) mass is 382 g/mol. The molecular weight excluding hydrogens is 360 g/mol. The molecule has 27 heavy (non-hydrogen) atoms. The normalized spacial score (nSPS) is 18.2. The first-order valence-electron chi connectivity index (χ1n) is 9.04. The Morgan fingerprint density at radius 2 is 2.15 bits per heavy atom. The molecule has 1 saturated heterocycles. The van der Waals surface area contributed by atoms with E-state index in [4.69, 9.17) is 4.98 Å². The summed E-state index contributed by atoms with van der Waals surface area (Å²) in [5, 5.41) is 10.9. The van der Waals surface area contributed by atoms with E-state index in [9.17, 15) is 4.79 Å². The fourth-order valence-electron chi connectivity index (χ4n) is 3.22. The summed E-state index contributed by atoms with van der Waals surface area (Å²) in [6.07, 6.45) is 2.09. The summed E-state index contributed by atoms with van der Waals surface area (Å²) in [6, 6.07) is 6.20. The van der Waals surface area contributed by atoms with Gasteiger partial charge >= 0.3 is 0 Å². The number of hydrogen-bond donors (Lipinski definition) is 0. The highest BCUT2D eigenvalue weighted by Gasteiger charge is 2.24. The lowest BCUT2D eigenvalue weighted by molar-refractivity contribution is -0.133. The van der Waals surface area contributed by atoms with Gasteiger partial charge in [-0.1, -0.05) is 11.3 Å². The van der Waals surface area contributed by atoms with Crippen molar-refractivity contribution in [3.05, 3.63) is 35.1 Å². The molecule has 0 aliphatic carbocycles. The van der Waals surface area contributed by atoms with Crippen molar-refractivity contribution < 1.29 is 4.79 Å². The van der Waals surface area contributed by atoms with E-state index in [2.05, 4.69) is 34.1 Å². The van der Waals surface area contributed by atoms with Crippen LogP contribution in [0.2, 0.25) is 0 Å². The summed E-state index contributed by atoms with van der Waals surface area (Å²) in [5.74, 6) is 0.123. The van der Waals surface area contributed by atoms with E-state index in [0.29, 0.717) is 12.5 Å². The van der Waals surface area contributed by atoms with Gasteiger partial charge in [0.2, 0.25) is 5.91 Å². The number of likely N-dealkylation sites (N-methyl/N-ethyl adjacent to an activating group) is 1. The molecule has 1 fully saturated rings. The number of fused-ring (bicyclic) bond motifs is 1. The SMILES string of the molecule is Cc1nnc(-c2ccc3cnc(CC(=O)N4CCN(C)[C@@H](C)C4)cc3n2)s1. The van der Waals surface area contributed by atoms with Crippen molar-refractivity contribution in [2.45, 2.75) is 26.3 Å². The molecule has 140 valence electrons. The molecule has 0 aromatic carbocycles. The second kappa shape index (κ2) is 7.28. The average Bonchev–Trinajstić information content (AvgIpc) is 3.09. The van der Waals surface area contributed by atoms with Gasteiger partial charge in [-0.3, -0.25) is 9.78 Å². The number of aryl methyl sites for hydroxylation is 1. The van der Waals surface area contributed by atoms with Gasteiger partial charge in [0.1, 0.15) is 10.7 Å². The van der Waals surface area contributed by atoms with E-state index < -0.39 is 0 Å². The third kappa shape index (κ3) is 3.81. The minimum absolute atomic E-state index is 0.123. The van der Waals surface area contributed by atoms with Crippen molar-refractivity contribution in [1.82, 2.24) is 30.0 Å². The van der Waals surface area contributed by atoms with Crippen molar-refractivity contribution in [3.8, 4) is 10.7 Å². The number of amides is 1. The van der Waals surface area contributed by atoms with Crippen LogP contribution in [0.15, 0.2) is 24.4 Å². The number of piperazine rings is 1. The highest BCUT2D eigenvalue weighted by molar-refractivity contribution is 7.14. The van der Waals surface area contributed by atoms with Gasteiger partial charge in [0.05, 0.1) is 17.6 Å². The number of hydrogen-bond acceptors (Lipinski definition) is 7. The summed E-state index contributed by atoms with van der Waals surface area (Å²) in [5.41, 5.74) is 2.37. The Morgan fingerprint density at radius 1 is 1.30 bits per heavy atom. The average molecular weight is 382 g/mol. The lowest BCUT2D eigenvalue weighted by Crippen LogP contribution is -2.52. The van der Waals surface area contributed by atoms with Crippen LogP contribution < -0.4 is 0 Å². The molecule has 0 bridgehead atoms. The van der Waals surface area contributed by atoms with Crippen molar-refractivity contribution in [2.24, 2.45) is 0 Å². The lowest BCUT2D eigenvalue weighted by Gasteiger charge is -2.37. The van der Waals surface area contributed by atoms with Crippen LogP contribution in [0.3, 0.4) is 0 Å². The molecule has 0 unspecified atom stereocenters. The van der Waals surface area contributed by atoms with E-state index in [-0.39, 0.29) is 5.91 Å². The fraction of sp³-hybridized carbons (Fsp3) is 0.421. The Labute approximate surface area is 162 Å². The van der Waals surface area contributed by atoms with E-state index in [1.807, 2.05) is 30.0 Å². The van der Waals surface area contributed by atoms with Crippen LogP contribution in [0, 0.1) is 6.92 Å². The van der Waals surface area contributed by atoms with Crippen molar-refractivity contribution in [3.63, 3.8) is 0 Å². The third-order valence-electron chi connectivity index (χ3n) is 5.02. The van der Waals surface area contributed by atoms with Gasteiger partial charge in [-0.05, 0) is 39.1 Å². The van der Waals surface area contributed by atoms with Gasteiger partial charge in [0.15, 0.2) is 5.01 Å². The molecule has 1 amide bonds. The summed E-state index contributed by atoms with van der Waals surface area (Å²) in [7, 11) is 2.10. The Balaban J connectivity index is 1.54. The van der Waals surface area contributed by atoms with Gasteiger partial charge in [0, 0.05) is 37.3 Å². The third-order valence-corrected chi connectivity index (χ3v) is 5.88. The molecule has 3 aromatic heterocycles. The van der Waals surface area contributed by atoms with Crippen molar-refractivity contribution in [2.75, 3.05) is 26.7 Å². The molecule has 0 radical (unpaired) electrons. The van der Waals surface area contributed by atoms with E-state index in [1.165, 1.54) is 11.3 Å². The van der Waals surface area contributed by atoms with Gasteiger partial charge in [0.25, 0.3) is 0 Å². The van der Waals surface area contributed by atoms with Gasteiger partial charge < -0.3 is 9.80 Å². The van der Waals surface area contributed by atoms with E-state index in [1.54, 1.807) is 6.20 Å². The molecule has 1 aliphatic rings. The number of rotatable bonds is 3. The number of pyridine rings is 2. The number of carbonyl (C=O) groups excluding carboxylic acids is 1. The number of aromatic nitrogens is 4. The zero-order valence-corrected chi connectivity index (χ0v) is 16.5. The molecule has 7 nitrogen and oxygen atoms in total. The molecule has 0 saturated carbocycles. The zero-order chi connectivity index (χ0) is 19.0. The Kier molecular flexibility index (Phi) is 4.84. The molecule has 1 atom stereocenters. The van der Waals surface area contributed by atoms with Crippen LogP contribution >= 0.6 is 11.3 Å². The van der Waals surface area contributed by atoms with Crippen molar-refractivity contribution >= 4 is 28.1 Å². The maximum atomic E-state index is 12.7. The Hall–Kier alpha value is -2.45. The van der Waals surface area contributed by atoms with Crippen LogP contribution in [-0.2, 0) is 11.2 Å². The quantitative estimate of drug-likeness (QED) is 0.691. The largest absolute Gasteiger partial charge is 0.340 e. The predicted molar refractivity (Wildman–Crippen MR) is 106 cm³/mol. The summed E-state index contributed by atoms with van der Waals surface area (Å²) >= 11 is 1.52. The molecule has 0 N–H and O–H groups in total. The summed E-state index contributed by atoms with van der Waals surface area (Å²) in [6.45, 7) is 6.52. The van der Waals surface area contributed by atoms with E-state index in [0.717, 1.165) is 51.9 Å². The molecule has 8 heteroatoms. The number of nitrogens with zero attached hydrogens (tertiary/aromatic N) is 6. The van der Waals surface area contributed by atoms with Crippen LogP contribution in [0.1, 0.15) is 17.6 Å². The first kappa shape index (κ1) is 17.9. The highest BCUT2D eigenvalue weighted by Crippen LogP contribution is 2.24. The van der Waals surface area contributed by atoms with Gasteiger partial charge in [-0.15, -0.1) is 10.2 Å². The fourth-order valence-corrected chi connectivity index (χ4v) is 3.88. The first-order chi connectivity index (χ1) is 13.0. The van der Waals surface area contributed by atoms with Crippen LogP contribution in [-0.4, -0.2) is 68.6 Å². The molecule has 1 aliphatic heterocycles. The zero-order valence-electron chi connectivity index (χ0n) is 15.7. The maximum Gasteiger partial charge on any atom is 0.228 e.